The molecule has 0 saturated heterocycles. The number of nitrogens with zero attached hydrogens (tertiary/aromatic N) is 2. The number of rotatable bonds is 5. The van der Waals surface area contributed by atoms with Crippen molar-refractivity contribution in [1.29, 1.82) is 0 Å². The highest BCUT2D eigenvalue weighted by molar-refractivity contribution is 5.84. The van der Waals surface area contributed by atoms with E-state index in [-0.39, 0.29) is 5.54 Å². The summed E-state index contributed by atoms with van der Waals surface area (Å²) in [5.74, 6) is 2.18. The van der Waals surface area contributed by atoms with Crippen LogP contribution in [0.4, 0.5) is 11.4 Å². The smallest absolute Gasteiger partial charge is 0.127 e. The van der Waals surface area contributed by atoms with E-state index in [2.05, 4.69) is 76.8 Å². The maximum atomic E-state index is 5.91. The minimum Gasteiger partial charge on any atom is -0.457 e. The first kappa shape index (κ1) is 22.1. The van der Waals surface area contributed by atoms with E-state index in [0.29, 0.717) is 12.0 Å². The summed E-state index contributed by atoms with van der Waals surface area (Å²) in [6, 6.07) is 23.2. The Morgan fingerprint density at radius 2 is 1.59 bits per heavy atom. The van der Waals surface area contributed by atoms with Gasteiger partial charge in [0.05, 0.1) is 5.69 Å². The number of hydrogen-bond donors (Lipinski definition) is 0. The number of benzene rings is 3. The molecule has 0 N–H and O–H groups in total. The van der Waals surface area contributed by atoms with E-state index in [1.54, 1.807) is 0 Å². The highest BCUT2D eigenvalue weighted by Crippen LogP contribution is 2.44. The number of anilines is 1. The van der Waals surface area contributed by atoms with E-state index in [1.165, 1.54) is 16.8 Å². The first-order valence-electron chi connectivity index (χ1n) is 11.5. The molecule has 0 bridgehead atoms. The van der Waals surface area contributed by atoms with Gasteiger partial charge in [-0.15, -0.1) is 0 Å². The molecule has 4 rings (SSSR count). The van der Waals surface area contributed by atoms with Crippen LogP contribution in [0.3, 0.4) is 0 Å². The molecule has 0 saturated carbocycles. The summed E-state index contributed by atoms with van der Waals surface area (Å²) in [6.45, 7) is 13.7. The standard InChI is InChI=1S/C29H34N2O/c1-20(2)31-28-16-9-23(17-27(28)22(4)18-29(31,5)6)19-30-24-10-14-26(15-11-24)32-25-12-7-21(3)8-13-25/h7-17,19-20,22H,18H2,1-6H3. The molecule has 3 aromatic rings. The number of hydrogen-bond acceptors (Lipinski definition) is 3. The van der Waals surface area contributed by atoms with Crippen LogP contribution in [-0.2, 0) is 0 Å². The summed E-state index contributed by atoms with van der Waals surface area (Å²) < 4.78 is 5.91. The molecule has 0 radical (unpaired) electrons. The first-order valence-corrected chi connectivity index (χ1v) is 11.5. The average molecular weight is 427 g/mol. The molecule has 1 unspecified atom stereocenters. The first-order chi connectivity index (χ1) is 15.2. The van der Waals surface area contributed by atoms with E-state index in [4.69, 9.17) is 9.73 Å². The largest absolute Gasteiger partial charge is 0.457 e. The Morgan fingerprint density at radius 3 is 2.22 bits per heavy atom. The molecule has 0 aromatic heterocycles. The number of fused-ring (bicyclic) bond motifs is 1. The number of aliphatic imine (C=N–C) groups is 1. The highest BCUT2D eigenvalue weighted by Gasteiger charge is 2.37. The fraction of sp³-hybridized carbons (Fsp3) is 0.345. The van der Waals surface area contributed by atoms with Gasteiger partial charge >= 0.3 is 0 Å². The van der Waals surface area contributed by atoms with Crippen LogP contribution in [0, 0.1) is 6.92 Å². The van der Waals surface area contributed by atoms with Gasteiger partial charge in [-0.1, -0.05) is 30.7 Å². The van der Waals surface area contributed by atoms with Crippen LogP contribution in [0.15, 0.2) is 71.7 Å². The van der Waals surface area contributed by atoms with Crippen molar-refractivity contribution >= 4 is 17.6 Å². The third kappa shape index (κ3) is 4.72. The molecule has 32 heavy (non-hydrogen) atoms. The molecule has 0 amide bonds. The van der Waals surface area contributed by atoms with Crippen LogP contribution < -0.4 is 9.64 Å². The van der Waals surface area contributed by atoms with Gasteiger partial charge in [-0.2, -0.15) is 0 Å². The van der Waals surface area contributed by atoms with E-state index < -0.39 is 0 Å². The fourth-order valence-corrected chi connectivity index (χ4v) is 5.02. The van der Waals surface area contributed by atoms with Crippen molar-refractivity contribution in [1.82, 2.24) is 0 Å². The van der Waals surface area contributed by atoms with Crippen LogP contribution in [0.1, 0.15) is 63.6 Å². The maximum absolute atomic E-state index is 5.91. The predicted molar refractivity (Wildman–Crippen MR) is 136 cm³/mol. The Balaban J connectivity index is 1.50. The Labute approximate surface area is 192 Å². The van der Waals surface area contributed by atoms with Crippen molar-refractivity contribution < 1.29 is 4.74 Å². The molecule has 1 aliphatic heterocycles. The molecule has 1 heterocycles. The van der Waals surface area contributed by atoms with Crippen molar-refractivity contribution in [2.24, 2.45) is 4.99 Å². The quantitative estimate of drug-likeness (QED) is 0.386. The van der Waals surface area contributed by atoms with Gasteiger partial charge in [0.15, 0.2) is 0 Å². The van der Waals surface area contributed by atoms with E-state index in [0.717, 1.165) is 29.2 Å². The summed E-state index contributed by atoms with van der Waals surface area (Å²) in [4.78, 5) is 7.26. The predicted octanol–water partition coefficient (Wildman–Crippen LogP) is 8.04. The summed E-state index contributed by atoms with van der Waals surface area (Å²) in [6.07, 6.45) is 3.11. The second-order valence-corrected chi connectivity index (χ2v) is 9.87. The molecule has 1 atom stereocenters. The normalized spacial score (nSPS) is 17.6. The Bertz CT molecular complexity index is 1100. The Kier molecular flexibility index (Phi) is 6.10. The minimum atomic E-state index is 0.165. The van der Waals surface area contributed by atoms with Gasteiger partial charge in [-0.25, -0.2) is 0 Å². The number of aryl methyl sites for hydroxylation is 1. The molecule has 3 aromatic carbocycles. The van der Waals surface area contributed by atoms with Crippen molar-refractivity contribution in [3.63, 3.8) is 0 Å². The van der Waals surface area contributed by atoms with Gasteiger partial charge < -0.3 is 9.64 Å². The zero-order valence-corrected chi connectivity index (χ0v) is 20.1. The lowest BCUT2D eigenvalue weighted by Gasteiger charge is -2.50. The highest BCUT2D eigenvalue weighted by atomic mass is 16.5. The average Bonchev–Trinajstić information content (AvgIpc) is 2.74. The van der Waals surface area contributed by atoms with E-state index in [9.17, 15) is 0 Å². The molecule has 0 spiro atoms. The molecule has 1 aliphatic rings. The lowest BCUT2D eigenvalue weighted by molar-refractivity contribution is 0.356. The van der Waals surface area contributed by atoms with Crippen molar-refractivity contribution in [2.45, 2.75) is 65.5 Å². The summed E-state index contributed by atoms with van der Waals surface area (Å²) in [5, 5.41) is 0. The van der Waals surface area contributed by atoms with E-state index >= 15 is 0 Å². The van der Waals surface area contributed by atoms with Crippen molar-refractivity contribution in [2.75, 3.05) is 4.90 Å². The zero-order chi connectivity index (χ0) is 22.9. The molecular weight excluding hydrogens is 392 g/mol. The summed E-state index contributed by atoms with van der Waals surface area (Å²) >= 11 is 0. The van der Waals surface area contributed by atoms with Crippen LogP contribution in [0.2, 0.25) is 0 Å². The van der Waals surface area contributed by atoms with Crippen molar-refractivity contribution in [3.05, 3.63) is 83.4 Å². The molecule has 0 aliphatic carbocycles. The maximum Gasteiger partial charge on any atom is 0.127 e. The molecule has 3 nitrogen and oxygen atoms in total. The van der Waals surface area contributed by atoms with E-state index in [1.807, 2.05) is 42.6 Å². The van der Waals surface area contributed by atoms with Gasteiger partial charge in [0.1, 0.15) is 11.5 Å². The Morgan fingerprint density at radius 1 is 0.969 bits per heavy atom. The summed E-state index contributed by atoms with van der Waals surface area (Å²) in [5.41, 5.74) is 6.22. The molecule has 0 fully saturated rings. The van der Waals surface area contributed by atoms with Gasteiger partial charge in [-0.3, -0.25) is 4.99 Å². The molecule has 3 heteroatoms. The third-order valence-corrected chi connectivity index (χ3v) is 6.27. The van der Waals surface area contributed by atoms with Crippen LogP contribution in [0.25, 0.3) is 0 Å². The molecule has 166 valence electrons. The van der Waals surface area contributed by atoms with Gasteiger partial charge in [0.25, 0.3) is 0 Å². The van der Waals surface area contributed by atoms with Crippen molar-refractivity contribution in [3.8, 4) is 11.5 Å². The topological polar surface area (TPSA) is 24.8 Å². The SMILES string of the molecule is Cc1ccc(Oc2ccc(N=Cc3ccc4c(c3)C(C)CC(C)(C)N4C(C)C)cc2)cc1. The Hall–Kier alpha value is -3.07. The summed E-state index contributed by atoms with van der Waals surface area (Å²) in [7, 11) is 0. The zero-order valence-electron chi connectivity index (χ0n) is 20.1. The van der Waals surface area contributed by atoms with Crippen LogP contribution >= 0.6 is 0 Å². The lowest BCUT2D eigenvalue weighted by Crippen LogP contribution is -2.51. The number of ether oxygens (including phenoxy) is 1. The van der Waals surface area contributed by atoms with Crippen LogP contribution in [-0.4, -0.2) is 17.8 Å². The van der Waals surface area contributed by atoms with Gasteiger partial charge in [0.2, 0.25) is 0 Å². The minimum absolute atomic E-state index is 0.165. The third-order valence-electron chi connectivity index (χ3n) is 6.27. The second-order valence-electron chi connectivity index (χ2n) is 9.87. The fourth-order valence-electron chi connectivity index (χ4n) is 5.02. The van der Waals surface area contributed by atoms with Gasteiger partial charge in [-0.05, 0) is 107 Å². The second kappa shape index (κ2) is 8.82. The van der Waals surface area contributed by atoms with Gasteiger partial charge in [0, 0.05) is 23.5 Å². The molecular formula is C29H34N2O. The monoisotopic (exact) mass is 426 g/mol. The lowest BCUT2D eigenvalue weighted by atomic mass is 9.79. The van der Waals surface area contributed by atoms with Crippen LogP contribution in [0.5, 0.6) is 11.5 Å².